The molecule has 1 aliphatic heterocycles. The SMILES string of the molecule is NCC1Cc2ccccc2CN1Cc1ccc(F)cc1. The maximum Gasteiger partial charge on any atom is 0.123 e. The minimum Gasteiger partial charge on any atom is -0.329 e. The van der Waals surface area contributed by atoms with Gasteiger partial charge in [-0.2, -0.15) is 0 Å². The van der Waals surface area contributed by atoms with E-state index in [0.29, 0.717) is 12.6 Å². The van der Waals surface area contributed by atoms with Gasteiger partial charge in [-0.05, 0) is 35.2 Å². The first-order chi connectivity index (χ1) is 9.76. The predicted octanol–water partition coefficient (Wildman–Crippen LogP) is 2.71. The van der Waals surface area contributed by atoms with Crippen LogP contribution in [0.4, 0.5) is 4.39 Å². The fourth-order valence-electron chi connectivity index (χ4n) is 2.88. The Morgan fingerprint density at radius 2 is 1.75 bits per heavy atom. The molecule has 0 spiro atoms. The van der Waals surface area contributed by atoms with Crippen LogP contribution in [0.1, 0.15) is 16.7 Å². The summed E-state index contributed by atoms with van der Waals surface area (Å²) in [6.45, 7) is 2.38. The van der Waals surface area contributed by atoms with Crippen LogP contribution in [0, 0.1) is 5.82 Å². The molecule has 2 aromatic rings. The molecule has 0 saturated heterocycles. The molecule has 2 N–H and O–H groups in total. The number of hydrogen-bond acceptors (Lipinski definition) is 2. The van der Waals surface area contributed by atoms with Crippen LogP contribution in [0.3, 0.4) is 0 Å². The highest BCUT2D eigenvalue weighted by atomic mass is 19.1. The number of halogens is 1. The summed E-state index contributed by atoms with van der Waals surface area (Å²) in [7, 11) is 0. The highest BCUT2D eigenvalue weighted by Crippen LogP contribution is 2.24. The zero-order chi connectivity index (χ0) is 13.9. The quantitative estimate of drug-likeness (QED) is 0.929. The van der Waals surface area contributed by atoms with Crippen LogP contribution in [-0.2, 0) is 19.5 Å². The van der Waals surface area contributed by atoms with Crippen molar-refractivity contribution in [3.8, 4) is 0 Å². The Morgan fingerprint density at radius 3 is 2.45 bits per heavy atom. The summed E-state index contributed by atoms with van der Waals surface area (Å²) >= 11 is 0. The van der Waals surface area contributed by atoms with Gasteiger partial charge < -0.3 is 5.73 Å². The molecule has 0 aliphatic carbocycles. The molecule has 1 atom stereocenters. The lowest BCUT2D eigenvalue weighted by atomic mass is 9.93. The van der Waals surface area contributed by atoms with Gasteiger partial charge in [0.15, 0.2) is 0 Å². The van der Waals surface area contributed by atoms with Gasteiger partial charge in [-0.25, -0.2) is 4.39 Å². The number of fused-ring (bicyclic) bond motifs is 1. The summed E-state index contributed by atoms with van der Waals surface area (Å²) in [5, 5.41) is 0. The Labute approximate surface area is 119 Å². The van der Waals surface area contributed by atoms with E-state index in [4.69, 9.17) is 5.73 Å². The second kappa shape index (κ2) is 5.73. The van der Waals surface area contributed by atoms with Gasteiger partial charge in [0.25, 0.3) is 0 Å². The van der Waals surface area contributed by atoms with E-state index >= 15 is 0 Å². The highest BCUT2D eigenvalue weighted by Gasteiger charge is 2.24. The molecule has 0 amide bonds. The van der Waals surface area contributed by atoms with Crippen molar-refractivity contribution in [2.45, 2.75) is 25.6 Å². The van der Waals surface area contributed by atoms with Gasteiger partial charge in [0.2, 0.25) is 0 Å². The number of nitrogens with zero attached hydrogens (tertiary/aromatic N) is 1. The first-order valence-corrected chi connectivity index (χ1v) is 7.01. The van der Waals surface area contributed by atoms with Crippen LogP contribution in [-0.4, -0.2) is 17.5 Å². The molecule has 1 heterocycles. The van der Waals surface area contributed by atoms with E-state index in [0.717, 1.165) is 25.1 Å². The third kappa shape index (κ3) is 2.74. The normalized spacial score (nSPS) is 18.8. The zero-order valence-corrected chi connectivity index (χ0v) is 11.4. The second-order valence-corrected chi connectivity index (χ2v) is 5.39. The smallest absolute Gasteiger partial charge is 0.123 e. The molecule has 20 heavy (non-hydrogen) atoms. The molecule has 2 nitrogen and oxygen atoms in total. The standard InChI is InChI=1S/C17H19FN2/c18-16-7-5-13(6-8-16)11-20-12-15-4-2-1-3-14(15)9-17(20)10-19/h1-8,17H,9-12,19H2. The van der Waals surface area contributed by atoms with Gasteiger partial charge in [-0.1, -0.05) is 36.4 Å². The summed E-state index contributed by atoms with van der Waals surface area (Å²) in [5.41, 5.74) is 9.83. The largest absolute Gasteiger partial charge is 0.329 e. The van der Waals surface area contributed by atoms with Crippen molar-refractivity contribution in [1.29, 1.82) is 0 Å². The van der Waals surface area contributed by atoms with Crippen molar-refractivity contribution in [1.82, 2.24) is 4.90 Å². The van der Waals surface area contributed by atoms with Crippen molar-refractivity contribution in [2.24, 2.45) is 5.73 Å². The Balaban J connectivity index is 1.80. The fraction of sp³-hybridized carbons (Fsp3) is 0.294. The second-order valence-electron chi connectivity index (χ2n) is 5.39. The van der Waals surface area contributed by atoms with E-state index in [-0.39, 0.29) is 5.82 Å². The molecule has 0 fully saturated rings. The molecule has 1 unspecified atom stereocenters. The maximum absolute atomic E-state index is 13.0. The molecule has 0 saturated carbocycles. The summed E-state index contributed by atoms with van der Waals surface area (Å²) in [6, 6.07) is 15.6. The summed E-state index contributed by atoms with van der Waals surface area (Å²) < 4.78 is 13.0. The van der Waals surface area contributed by atoms with Crippen molar-refractivity contribution < 1.29 is 4.39 Å². The zero-order valence-electron chi connectivity index (χ0n) is 11.4. The average molecular weight is 270 g/mol. The van der Waals surface area contributed by atoms with Gasteiger partial charge in [0.1, 0.15) is 5.82 Å². The Bertz CT molecular complexity index is 580. The lowest BCUT2D eigenvalue weighted by molar-refractivity contribution is 0.167. The topological polar surface area (TPSA) is 29.3 Å². The summed E-state index contributed by atoms with van der Waals surface area (Å²) in [4.78, 5) is 2.38. The Kier molecular flexibility index (Phi) is 3.81. The molecular formula is C17H19FN2. The van der Waals surface area contributed by atoms with E-state index < -0.39 is 0 Å². The monoisotopic (exact) mass is 270 g/mol. The van der Waals surface area contributed by atoms with E-state index in [1.54, 1.807) is 0 Å². The average Bonchev–Trinajstić information content (AvgIpc) is 2.49. The third-order valence-corrected chi connectivity index (χ3v) is 4.03. The first kappa shape index (κ1) is 13.3. The molecule has 3 rings (SSSR count). The van der Waals surface area contributed by atoms with Crippen LogP contribution >= 0.6 is 0 Å². The van der Waals surface area contributed by atoms with Gasteiger partial charge in [0, 0.05) is 25.7 Å². The Morgan fingerprint density at radius 1 is 1.05 bits per heavy atom. The Hall–Kier alpha value is -1.71. The van der Waals surface area contributed by atoms with Crippen molar-refractivity contribution in [2.75, 3.05) is 6.54 Å². The summed E-state index contributed by atoms with van der Waals surface area (Å²) in [5.74, 6) is -0.187. The molecule has 1 aliphatic rings. The van der Waals surface area contributed by atoms with E-state index in [1.165, 1.54) is 23.3 Å². The molecule has 104 valence electrons. The van der Waals surface area contributed by atoms with E-state index in [2.05, 4.69) is 29.2 Å². The lowest BCUT2D eigenvalue weighted by Crippen LogP contribution is -2.44. The van der Waals surface area contributed by atoms with Crippen LogP contribution in [0.15, 0.2) is 48.5 Å². The van der Waals surface area contributed by atoms with E-state index in [9.17, 15) is 4.39 Å². The molecule has 3 heteroatoms. The van der Waals surface area contributed by atoms with Gasteiger partial charge in [0.05, 0.1) is 0 Å². The van der Waals surface area contributed by atoms with Crippen molar-refractivity contribution in [3.63, 3.8) is 0 Å². The molecular weight excluding hydrogens is 251 g/mol. The molecule has 2 aromatic carbocycles. The number of benzene rings is 2. The van der Waals surface area contributed by atoms with Crippen molar-refractivity contribution in [3.05, 3.63) is 71.0 Å². The predicted molar refractivity (Wildman–Crippen MR) is 78.6 cm³/mol. The summed E-state index contributed by atoms with van der Waals surface area (Å²) in [6.07, 6.45) is 0.994. The molecule has 0 bridgehead atoms. The molecule has 0 aromatic heterocycles. The molecule has 0 radical (unpaired) electrons. The minimum atomic E-state index is -0.187. The highest BCUT2D eigenvalue weighted by molar-refractivity contribution is 5.30. The minimum absolute atomic E-state index is 0.187. The van der Waals surface area contributed by atoms with Gasteiger partial charge in [-0.3, -0.25) is 4.90 Å². The maximum atomic E-state index is 13.0. The van der Waals surface area contributed by atoms with Crippen LogP contribution in [0.2, 0.25) is 0 Å². The van der Waals surface area contributed by atoms with Crippen LogP contribution < -0.4 is 5.73 Å². The van der Waals surface area contributed by atoms with Crippen LogP contribution in [0.25, 0.3) is 0 Å². The third-order valence-electron chi connectivity index (χ3n) is 4.03. The number of hydrogen-bond donors (Lipinski definition) is 1. The number of nitrogens with two attached hydrogens (primary N) is 1. The van der Waals surface area contributed by atoms with Crippen molar-refractivity contribution >= 4 is 0 Å². The van der Waals surface area contributed by atoms with Gasteiger partial charge in [-0.15, -0.1) is 0 Å². The number of rotatable bonds is 3. The fourth-order valence-corrected chi connectivity index (χ4v) is 2.88. The van der Waals surface area contributed by atoms with E-state index in [1.807, 2.05) is 12.1 Å². The van der Waals surface area contributed by atoms with Gasteiger partial charge >= 0.3 is 0 Å². The lowest BCUT2D eigenvalue weighted by Gasteiger charge is -2.36. The first-order valence-electron chi connectivity index (χ1n) is 7.01. The van der Waals surface area contributed by atoms with Crippen LogP contribution in [0.5, 0.6) is 0 Å².